The van der Waals surface area contributed by atoms with E-state index in [0.29, 0.717) is 0 Å². The van der Waals surface area contributed by atoms with E-state index in [9.17, 15) is 10.2 Å². The monoisotopic (exact) mass is 173 g/mol. The second-order valence-electron chi connectivity index (χ2n) is 3.68. The summed E-state index contributed by atoms with van der Waals surface area (Å²) in [4.78, 5) is 2.02. The molecule has 0 bridgehead atoms. The highest BCUT2D eigenvalue weighted by atomic mass is 16.3. The second-order valence-corrected chi connectivity index (χ2v) is 3.68. The van der Waals surface area contributed by atoms with E-state index in [-0.39, 0.29) is 18.7 Å². The SMILES string of the molecule is OC[C@@H]1[C@H](O)[C@@H](O)[C@H]2CCCN12. The van der Waals surface area contributed by atoms with E-state index in [4.69, 9.17) is 5.11 Å². The van der Waals surface area contributed by atoms with Crippen LogP contribution in [0.3, 0.4) is 0 Å². The number of fused-ring (bicyclic) bond motifs is 1. The van der Waals surface area contributed by atoms with Crippen molar-refractivity contribution >= 4 is 0 Å². The summed E-state index contributed by atoms with van der Waals surface area (Å²) < 4.78 is 0. The number of nitrogens with zero attached hydrogens (tertiary/aromatic N) is 1. The summed E-state index contributed by atoms with van der Waals surface area (Å²) in [7, 11) is 0. The van der Waals surface area contributed by atoms with Crippen molar-refractivity contribution in [3.8, 4) is 0 Å². The van der Waals surface area contributed by atoms with Gasteiger partial charge in [0.1, 0.15) is 0 Å². The molecule has 2 rings (SSSR count). The Hall–Kier alpha value is -0.160. The number of hydrogen-bond acceptors (Lipinski definition) is 4. The van der Waals surface area contributed by atoms with Crippen molar-refractivity contribution in [3.63, 3.8) is 0 Å². The largest absolute Gasteiger partial charge is 0.395 e. The van der Waals surface area contributed by atoms with E-state index in [1.165, 1.54) is 0 Å². The maximum absolute atomic E-state index is 9.57. The molecule has 70 valence electrons. The lowest BCUT2D eigenvalue weighted by Crippen LogP contribution is -2.38. The first-order valence-electron chi connectivity index (χ1n) is 4.48. The van der Waals surface area contributed by atoms with Gasteiger partial charge in [0.05, 0.1) is 24.9 Å². The summed E-state index contributed by atoms with van der Waals surface area (Å²) in [6.07, 6.45) is 0.574. The first-order valence-corrected chi connectivity index (χ1v) is 4.48. The number of aliphatic hydroxyl groups excluding tert-OH is 3. The van der Waals surface area contributed by atoms with E-state index in [0.717, 1.165) is 19.4 Å². The molecule has 0 saturated carbocycles. The van der Waals surface area contributed by atoms with E-state index >= 15 is 0 Å². The van der Waals surface area contributed by atoms with Gasteiger partial charge in [0.2, 0.25) is 0 Å². The molecule has 4 nitrogen and oxygen atoms in total. The molecule has 2 saturated heterocycles. The minimum absolute atomic E-state index is 0.0608. The van der Waals surface area contributed by atoms with Crippen molar-refractivity contribution in [1.82, 2.24) is 4.90 Å². The van der Waals surface area contributed by atoms with Crippen LogP contribution in [0, 0.1) is 0 Å². The summed E-state index contributed by atoms with van der Waals surface area (Å²) in [6.45, 7) is 0.832. The van der Waals surface area contributed by atoms with E-state index in [1.54, 1.807) is 0 Å². The lowest BCUT2D eigenvalue weighted by atomic mass is 10.1. The molecule has 3 N–H and O–H groups in total. The Morgan fingerprint density at radius 3 is 2.67 bits per heavy atom. The predicted molar refractivity (Wildman–Crippen MR) is 42.6 cm³/mol. The van der Waals surface area contributed by atoms with Crippen molar-refractivity contribution < 1.29 is 15.3 Å². The van der Waals surface area contributed by atoms with Gasteiger partial charge in [0.25, 0.3) is 0 Å². The fraction of sp³-hybridized carbons (Fsp3) is 1.00. The molecule has 0 aromatic rings. The molecule has 0 spiro atoms. The highest BCUT2D eigenvalue weighted by molar-refractivity contribution is 5.03. The number of hydrogen-bond donors (Lipinski definition) is 3. The van der Waals surface area contributed by atoms with Crippen LogP contribution in [0.15, 0.2) is 0 Å². The van der Waals surface area contributed by atoms with Crippen LogP contribution >= 0.6 is 0 Å². The molecule has 4 atom stereocenters. The third kappa shape index (κ3) is 0.992. The van der Waals surface area contributed by atoms with Gasteiger partial charge in [-0.1, -0.05) is 0 Å². The zero-order valence-electron chi connectivity index (χ0n) is 6.93. The first-order chi connectivity index (χ1) is 5.75. The smallest absolute Gasteiger partial charge is 0.0991 e. The van der Waals surface area contributed by atoms with Gasteiger partial charge in [-0.15, -0.1) is 0 Å². The lowest BCUT2D eigenvalue weighted by Gasteiger charge is -2.21. The molecule has 0 radical (unpaired) electrons. The van der Waals surface area contributed by atoms with Gasteiger partial charge in [-0.25, -0.2) is 0 Å². The molecule has 2 heterocycles. The number of aliphatic hydroxyl groups is 3. The van der Waals surface area contributed by atoms with Crippen molar-refractivity contribution in [3.05, 3.63) is 0 Å². The molecule has 0 aromatic heterocycles. The van der Waals surface area contributed by atoms with Gasteiger partial charge >= 0.3 is 0 Å². The molecule has 0 aromatic carbocycles. The Balaban J connectivity index is 2.15. The van der Waals surface area contributed by atoms with Crippen LogP contribution in [0.4, 0.5) is 0 Å². The van der Waals surface area contributed by atoms with Crippen LogP contribution < -0.4 is 0 Å². The minimum Gasteiger partial charge on any atom is -0.395 e. The Morgan fingerprint density at radius 1 is 1.25 bits per heavy atom. The molecule has 0 amide bonds. The van der Waals surface area contributed by atoms with Gasteiger partial charge in [-0.2, -0.15) is 0 Å². The molecule has 0 aliphatic carbocycles. The molecule has 0 unspecified atom stereocenters. The molecule has 4 heteroatoms. The standard InChI is InChI=1S/C8H15NO3/c10-4-6-8(12)7(11)5-2-1-3-9(5)6/h5-8,10-12H,1-4H2/t5-,6-,7+,8+/m1/s1. The highest BCUT2D eigenvalue weighted by Crippen LogP contribution is 2.32. The van der Waals surface area contributed by atoms with Crippen molar-refractivity contribution in [2.75, 3.05) is 13.2 Å². The van der Waals surface area contributed by atoms with Gasteiger partial charge in [0, 0.05) is 6.04 Å². The molecular weight excluding hydrogens is 158 g/mol. The maximum Gasteiger partial charge on any atom is 0.0991 e. The molecular formula is C8H15NO3. The predicted octanol–water partition coefficient (Wildman–Crippen LogP) is -1.45. The van der Waals surface area contributed by atoms with Crippen LogP contribution in [0.1, 0.15) is 12.8 Å². The average molecular weight is 173 g/mol. The van der Waals surface area contributed by atoms with Crippen LogP contribution in [0.2, 0.25) is 0 Å². The average Bonchev–Trinajstić information content (AvgIpc) is 2.59. The minimum atomic E-state index is -0.764. The van der Waals surface area contributed by atoms with Gasteiger partial charge in [-0.3, -0.25) is 4.90 Å². The van der Waals surface area contributed by atoms with Crippen molar-refractivity contribution in [1.29, 1.82) is 0 Å². The van der Waals surface area contributed by atoms with E-state index < -0.39 is 12.2 Å². The Morgan fingerprint density at radius 2 is 2.00 bits per heavy atom. The van der Waals surface area contributed by atoms with Gasteiger partial charge in [-0.05, 0) is 19.4 Å². The van der Waals surface area contributed by atoms with E-state index in [1.807, 2.05) is 4.90 Å². The topological polar surface area (TPSA) is 63.9 Å². The van der Waals surface area contributed by atoms with Crippen molar-refractivity contribution in [2.24, 2.45) is 0 Å². The first kappa shape index (κ1) is 8.44. The fourth-order valence-corrected chi connectivity index (χ4v) is 2.46. The zero-order valence-corrected chi connectivity index (χ0v) is 6.93. The molecule has 12 heavy (non-hydrogen) atoms. The fourth-order valence-electron chi connectivity index (χ4n) is 2.46. The van der Waals surface area contributed by atoms with Gasteiger partial charge in [0.15, 0.2) is 0 Å². The van der Waals surface area contributed by atoms with Crippen molar-refractivity contribution in [2.45, 2.75) is 37.1 Å². The third-order valence-electron chi connectivity index (χ3n) is 3.09. The Kier molecular flexibility index (Phi) is 2.08. The summed E-state index contributed by atoms with van der Waals surface area (Å²) in [6, 6.07) is -0.162. The zero-order chi connectivity index (χ0) is 8.72. The maximum atomic E-state index is 9.57. The van der Waals surface area contributed by atoms with Crippen LogP contribution in [0.5, 0.6) is 0 Å². The van der Waals surface area contributed by atoms with Crippen LogP contribution in [-0.4, -0.2) is 57.7 Å². The Labute approximate surface area is 71.4 Å². The molecule has 2 fully saturated rings. The number of rotatable bonds is 1. The van der Waals surface area contributed by atoms with Crippen LogP contribution in [0.25, 0.3) is 0 Å². The normalized spacial score (nSPS) is 48.2. The molecule has 2 aliphatic rings. The quantitative estimate of drug-likeness (QED) is 0.454. The summed E-state index contributed by atoms with van der Waals surface area (Å²) in [5.41, 5.74) is 0. The highest BCUT2D eigenvalue weighted by Gasteiger charge is 2.48. The van der Waals surface area contributed by atoms with Crippen LogP contribution in [-0.2, 0) is 0 Å². The third-order valence-corrected chi connectivity index (χ3v) is 3.09. The van der Waals surface area contributed by atoms with E-state index in [2.05, 4.69) is 0 Å². The lowest BCUT2D eigenvalue weighted by molar-refractivity contribution is 0.0154. The molecule has 2 aliphatic heterocycles. The second kappa shape index (κ2) is 2.96. The summed E-state index contributed by atoms with van der Waals surface area (Å²) >= 11 is 0. The summed E-state index contributed by atoms with van der Waals surface area (Å²) in [5.74, 6) is 0. The summed E-state index contributed by atoms with van der Waals surface area (Å²) in [5, 5.41) is 28.1. The Bertz CT molecular complexity index is 174. The van der Waals surface area contributed by atoms with Gasteiger partial charge < -0.3 is 15.3 Å².